The van der Waals surface area contributed by atoms with E-state index in [0.717, 1.165) is 93.8 Å². The Morgan fingerprint density at radius 2 is 1.72 bits per heavy atom. The van der Waals surface area contributed by atoms with Crippen molar-refractivity contribution in [2.45, 2.75) is 76.7 Å². The number of allylic oxidation sites excluding steroid dienone is 1. The lowest BCUT2D eigenvalue weighted by molar-refractivity contribution is 0.0481. The van der Waals surface area contributed by atoms with Gasteiger partial charge in [-0.25, -0.2) is 18.1 Å². The predicted octanol–water partition coefficient (Wildman–Crippen LogP) is 9.81. The zero-order chi connectivity index (χ0) is 42.7. The van der Waals surface area contributed by atoms with Gasteiger partial charge in [0, 0.05) is 68.2 Å². The van der Waals surface area contributed by atoms with Gasteiger partial charge in [0.2, 0.25) is 0 Å². The molecule has 0 radical (unpaired) electrons. The van der Waals surface area contributed by atoms with Gasteiger partial charge in [-0.2, -0.15) is 0 Å². The maximum absolute atomic E-state index is 13.9. The van der Waals surface area contributed by atoms with Crippen LogP contribution in [0.2, 0.25) is 5.02 Å². The van der Waals surface area contributed by atoms with Crippen molar-refractivity contribution in [2.24, 2.45) is 11.3 Å². The Morgan fingerprint density at radius 3 is 2.46 bits per heavy atom. The van der Waals surface area contributed by atoms with Crippen LogP contribution in [0.1, 0.15) is 80.3 Å². The Bertz CT molecular complexity index is 2500. The summed E-state index contributed by atoms with van der Waals surface area (Å²) in [5, 5.41) is 1.59. The lowest BCUT2D eigenvalue weighted by atomic mass is 9.72. The van der Waals surface area contributed by atoms with Crippen molar-refractivity contribution in [1.82, 2.24) is 19.6 Å². The van der Waals surface area contributed by atoms with Gasteiger partial charge in [-0.15, -0.1) is 0 Å². The standard InChI is InChI=1S/C48H56ClN5O6S/c1-32-25-41(14-16-44(32)59-31-33-5-12-39(58-4)13-6-33)61(56,57)52-47(55)42-15-11-38(27-45(42)60-40-26-35-18-20-50-46(35)51-29-40)54-23-21-53(22-24-54)30-36-17-19-48(2,3)28-43(36)34-7-9-37(49)10-8-34/h7-11,14-16,18,20,25-27,29,33,39H,5-6,12-13,17,19,21-24,28,30-31H2,1-4H3,(H,50,51)(H,52,55). The van der Waals surface area contributed by atoms with Gasteiger partial charge < -0.3 is 24.1 Å². The fraction of sp³-hybridized carbons (Fsp3) is 0.417. The summed E-state index contributed by atoms with van der Waals surface area (Å²) in [5.74, 6) is 0.897. The molecule has 2 fully saturated rings. The smallest absolute Gasteiger partial charge is 0.268 e. The molecule has 5 aromatic rings. The maximum atomic E-state index is 13.9. The molecule has 0 spiro atoms. The van der Waals surface area contributed by atoms with Crippen LogP contribution < -0.4 is 19.1 Å². The number of methoxy groups -OCH3 is 1. The average molecular weight is 867 g/mol. The molecule has 13 heteroatoms. The lowest BCUT2D eigenvalue weighted by Crippen LogP contribution is -2.47. The summed E-state index contributed by atoms with van der Waals surface area (Å²) in [6, 6.07) is 22.0. The number of amides is 1. The van der Waals surface area contributed by atoms with Gasteiger partial charge in [0.05, 0.1) is 29.4 Å². The quantitative estimate of drug-likeness (QED) is 0.119. The molecule has 0 bridgehead atoms. The number of aryl methyl sites for hydroxylation is 1. The van der Waals surface area contributed by atoms with E-state index in [-0.39, 0.29) is 21.6 Å². The van der Waals surface area contributed by atoms with Gasteiger partial charge in [-0.1, -0.05) is 43.2 Å². The Hall–Kier alpha value is -4.88. The summed E-state index contributed by atoms with van der Waals surface area (Å²) in [4.78, 5) is 26.3. The molecule has 1 saturated carbocycles. The third kappa shape index (κ3) is 10.3. The van der Waals surface area contributed by atoms with Gasteiger partial charge in [0.1, 0.15) is 22.9 Å². The fourth-order valence-electron chi connectivity index (χ4n) is 8.91. The number of rotatable bonds is 13. The third-order valence-corrected chi connectivity index (χ3v) is 14.2. The number of aromatic nitrogens is 2. The first kappa shape index (κ1) is 42.8. The van der Waals surface area contributed by atoms with Crippen LogP contribution in [-0.2, 0) is 14.8 Å². The second kappa shape index (κ2) is 18.2. The molecule has 8 rings (SSSR count). The summed E-state index contributed by atoms with van der Waals surface area (Å²) >= 11 is 6.25. The number of fused-ring (bicyclic) bond motifs is 1. The van der Waals surface area contributed by atoms with Gasteiger partial charge in [0.15, 0.2) is 0 Å². The van der Waals surface area contributed by atoms with Crippen LogP contribution in [0.15, 0.2) is 95.7 Å². The van der Waals surface area contributed by atoms with Gasteiger partial charge >= 0.3 is 0 Å². The van der Waals surface area contributed by atoms with Gasteiger partial charge in [-0.05, 0) is 134 Å². The zero-order valence-electron chi connectivity index (χ0n) is 35.5. The average Bonchev–Trinajstić information content (AvgIpc) is 3.72. The Morgan fingerprint density at radius 1 is 0.951 bits per heavy atom. The molecule has 2 N–H and O–H groups in total. The molecule has 11 nitrogen and oxygen atoms in total. The van der Waals surface area contributed by atoms with Crippen LogP contribution in [-0.4, -0.2) is 81.7 Å². The number of anilines is 1. The molecule has 0 unspecified atom stereocenters. The summed E-state index contributed by atoms with van der Waals surface area (Å²) in [7, 11) is -2.49. The first-order valence-corrected chi connectivity index (χ1v) is 23.2. The van der Waals surface area contributed by atoms with E-state index in [1.165, 1.54) is 28.8 Å². The largest absolute Gasteiger partial charge is 0.493 e. The van der Waals surface area contributed by atoms with E-state index in [4.69, 9.17) is 25.8 Å². The summed E-state index contributed by atoms with van der Waals surface area (Å²) in [5.41, 5.74) is 6.78. The molecule has 1 aliphatic heterocycles. The molecule has 2 aromatic heterocycles. The molecule has 322 valence electrons. The lowest BCUT2D eigenvalue weighted by Gasteiger charge is -2.39. The number of nitrogens with zero attached hydrogens (tertiary/aromatic N) is 3. The fourth-order valence-corrected chi connectivity index (χ4v) is 10.1. The monoisotopic (exact) mass is 865 g/mol. The topological polar surface area (TPSA) is 126 Å². The highest BCUT2D eigenvalue weighted by Crippen LogP contribution is 2.43. The molecule has 3 heterocycles. The van der Waals surface area contributed by atoms with Crippen LogP contribution in [0.4, 0.5) is 5.69 Å². The number of sulfonamides is 1. The number of piperazine rings is 1. The second-order valence-corrected chi connectivity index (χ2v) is 19.7. The first-order chi connectivity index (χ1) is 29.3. The normalized spacial score (nSPS) is 19.9. The minimum atomic E-state index is -4.25. The number of hydrogen-bond acceptors (Lipinski definition) is 9. The number of ether oxygens (including phenoxy) is 3. The molecule has 3 aromatic carbocycles. The number of nitrogens with one attached hydrogen (secondary N) is 2. The zero-order valence-corrected chi connectivity index (χ0v) is 37.1. The minimum absolute atomic E-state index is 0.0293. The summed E-state index contributed by atoms with van der Waals surface area (Å²) < 4.78 is 47.7. The van der Waals surface area contributed by atoms with Crippen LogP contribution in [0, 0.1) is 18.3 Å². The Kier molecular flexibility index (Phi) is 12.8. The number of pyridine rings is 1. The van der Waals surface area contributed by atoms with Crippen molar-refractivity contribution < 1.29 is 27.4 Å². The van der Waals surface area contributed by atoms with Crippen LogP contribution >= 0.6 is 11.6 Å². The number of hydrogen-bond donors (Lipinski definition) is 2. The number of aromatic amines is 1. The molecule has 1 amide bonds. The molecule has 0 atom stereocenters. The molecule has 2 aliphatic carbocycles. The highest BCUT2D eigenvalue weighted by Gasteiger charge is 2.30. The third-order valence-electron chi connectivity index (χ3n) is 12.6. The van der Waals surface area contributed by atoms with Gasteiger partial charge in [0.25, 0.3) is 15.9 Å². The van der Waals surface area contributed by atoms with Crippen LogP contribution in [0.5, 0.6) is 17.2 Å². The van der Waals surface area contributed by atoms with E-state index in [1.54, 1.807) is 31.6 Å². The molecule has 1 saturated heterocycles. The minimum Gasteiger partial charge on any atom is -0.493 e. The SMILES string of the molecule is COC1CCC(COc2ccc(S(=O)(=O)NC(=O)c3ccc(N4CCN(CC5=C(c6ccc(Cl)cc6)CC(C)(C)CC5)CC4)cc3Oc3cnc4[nH]ccc4c3)cc2C)CC1. The highest BCUT2D eigenvalue weighted by atomic mass is 35.5. The van der Waals surface area contributed by atoms with E-state index in [2.05, 4.69) is 50.5 Å². The number of carbonyl (C=O) groups excluding carboxylic acids is 1. The Labute approximate surface area is 364 Å². The van der Waals surface area contributed by atoms with E-state index in [9.17, 15) is 13.2 Å². The van der Waals surface area contributed by atoms with Crippen molar-refractivity contribution in [3.8, 4) is 17.2 Å². The highest BCUT2D eigenvalue weighted by molar-refractivity contribution is 7.90. The van der Waals surface area contributed by atoms with E-state index < -0.39 is 15.9 Å². The van der Waals surface area contributed by atoms with Gasteiger partial charge in [-0.3, -0.25) is 9.69 Å². The van der Waals surface area contributed by atoms with Crippen LogP contribution in [0.3, 0.4) is 0 Å². The Balaban J connectivity index is 0.972. The molecule has 61 heavy (non-hydrogen) atoms. The number of benzene rings is 3. The first-order valence-electron chi connectivity index (χ1n) is 21.3. The van der Waals surface area contributed by atoms with E-state index >= 15 is 0 Å². The van der Waals surface area contributed by atoms with Crippen molar-refractivity contribution in [3.63, 3.8) is 0 Å². The predicted molar refractivity (Wildman–Crippen MR) is 241 cm³/mol. The molecular formula is C48H56ClN5O6S. The van der Waals surface area contributed by atoms with E-state index in [0.29, 0.717) is 41.3 Å². The summed E-state index contributed by atoms with van der Waals surface area (Å²) in [6.45, 7) is 11.3. The number of H-pyrrole nitrogens is 1. The van der Waals surface area contributed by atoms with E-state index in [1.807, 2.05) is 43.3 Å². The van der Waals surface area contributed by atoms with Crippen molar-refractivity contribution in [3.05, 3.63) is 112 Å². The number of halogens is 1. The maximum Gasteiger partial charge on any atom is 0.268 e. The van der Waals surface area contributed by atoms with Crippen molar-refractivity contribution in [1.29, 1.82) is 0 Å². The second-order valence-electron chi connectivity index (χ2n) is 17.6. The van der Waals surface area contributed by atoms with Crippen molar-refractivity contribution >= 4 is 49.8 Å². The summed E-state index contributed by atoms with van der Waals surface area (Å²) in [6.07, 6.45) is 11.0. The molecular weight excluding hydrogens is 810 g/mol. The van der Waals surface area contributed by atoms with Crippen molar-refractivity contribution in [2.75, 3.05) is 51.3 Å². The molecule has 3 aliphatic rings. The van der Waals surface area contributed by atoms with Crippen LogP contribution in [0.25, 0.3) is 16.6 Å². The number of carbonyl (C=O) groups is 1.